The van der Waals surface area contributed by atoms with Crippen LogP contribution in [0.15, 0.2) is 54.6 Å². The van der Waals surface area contributed by atoms with Crippen molar-refractivity contribution in [2.24, 2.45) is 0 Å². The number of hydrogen-bond acceptors (Lipinski definition) is 4. The highest BCUT2D eigenvalue weighted by Crippen LogP contribution is 2.11. The maximum atomic E-state index is 12.0. The zero-order valence-corrected chi connectivity index (χ0v) is 14.2. The summed E-state index contributed by atoms with van der Waals surface area (Å²) in [6.07, 6.45) is -0.515. The molecule has 0 unspecified atom stereocenters. The highest BCUT2D eigenvalue weighted by Gasteiger charge is 2.06. The molecule has 6 nitrogen and oxygen atoms in total. The SMILES string of the molecule is CCOc1ccc(C(=O)NCCNC(=O)OCc2ccccc2)cc1. The van der Waals surface area contributed by atoms with Crippen LogP contribution in [0.2, 0.25) is 0 Å². The lowest BCUT2D eigenvalue weighted by molar-refractivity contribution is 0.0951. The van der Waals surface area contributed by atoms with Crippen molar-refractivity contribution < 1.29 is 19.1 Å². The molecule has 25 heavy (non-hydrogen) atoms. The summed E-state index contributed by atoms with van der Waals surface area (Å²) in [6, 6.07) is 16.3. The van der Waals surface area contributed by atoms with Gasteiger partial charge in [0.2, 0.25) is 0 Å². The molecule has 0 heterocycles. The van der Waals surface area contributed by atoms with E-state index >= 15 is 0 Å². The Morgan fingerprint density at radius 1 is 0.920 bits per heavy atom. The maximum absolute atomic E-state index is 12.0. The van der Waals surface area contributed by atoms with E-state index in [4.69, 9.17) is 9.47 Å². The standard InChI is InChI=1S/C19H22N2O4/c1-2-24-17-10-8-16(9-11-17)18(22)20-12-13-21-19(23)25-14-15-6-4-3-5-7-15/h3-11H,2,12-14H2,1H3,(H,20,22)(H,21,23). The third kappa shape index (κ3) is 6.55. The molecule has 2 N–H and O–H groups in total. The van der Waals surface area contributed by atoms with E-state index in [1.807, 2.05) is 37.3 Å². The minimum Gasteiger partial charge on any atom is -0.494 e. The molecule has 132 valence electrons. The molecule has 2 aromatic rings. The molecule has 0 radical (unpaired) electrons. The molecule has 0 aromatic heterocycles. The molecule has 2 rings (SSSR count). The molecule has 0 fully saturated rings. The van der Waals surface area contributed by atoms with Crippen LogP contribution >= 0.6 is 0 Å². The fourth-order valence-corrected chi connectivity index (χ4v) is 2.09. The van der Waals surface area contributed by atoms with Crippen molar-refractivity contribution in [3.63, 3.8) is 0 Å². The average Bonchev–Trinajstić information content (AvgIpc) is 2.65. The van der Waals surface area contributed by atoms with Crippen molar-refractivity contribution in [1.29, 1.82) is 0 Å². The van der Waals surface area contributed by atoms with E-state index < -0.39 is 6.09 Å². The Morgan fingerprint density at radius 2 is 1.60 bits per heavy atom. The van der Waals surface area contributed by atoms with Crippen molar-refractivity contribution in [1.82, 2.24) is 10.6 Å². The predicted octanol–water partition coefficient (Wildman–Crippen LogP) is 2.74. The van der Waals surface area contributed by atoms with E-state index in [9.17, 15) is 9.59 Å². The van der Waals surface area contributed by atoms with Gasteiger partial charge in [0, 0.05) is 18.7 Å². The summed E-state index contributed by atoms with van der Waals surface area (Å²) in [4.78, 5) is 23.5. The van der Waals surface area contributed by atoms with Crippen LogP contribution in [0.25, 0.3) is 0 Å². The van der Waals surface area contributed by atoms with Gasteiger partial charge < -0.3 is 20.1 Å². The summed E-state index contributed by atoms with van der Waals surface area (Å²) < 4.78 is 10.4. The molecule has 0 bridgehead atoms. The van der Waals surface area contributed by atoms with Gasteiger partial charge in [-0.05, 0) is 36.8 Å². The first-order chi connectivity index (χ1) is 12.2. The number of alkyl carbamates (subject to hydrolysis) is 1. The van der Waals surface area contributed by atoms with Gasteiger partial charge in [0.05, 0.1) is 6.61 Å². The van der Waals surface area contributed by atoms with Gasteiger partial charge in [0.15, 0.2) is 0 Å². The molecule has 0 saturated carbocycles. The molecule has 0 aliphatic carbocycles. The zero-order valence-electron chi connectivity index (χ0n) is 14.2. The number of carbonyl (C=O) groups is 2. The first kappa shape index (κ1) is 18.3. The number of carbonyl (C=O) groups excluding carboxylic acids is 2. The van der Waals surface area contributed by atoms with Gasteiger partial charge in [-0.25, -0.2) is 4.79 Å². The Morgan fingerprint density at radius 3 is 2.28 bits per heavy atom. The molecule has 0 atom stereocenters. The summed E-state index contributed by atoms with van der Waals surface area (Å²) >= 11 is 0. The van der Waals surface area contributed by atoms with E-state index in [1.165, 1.54) is 0 Å². The molecule has 6 heteroatoms. The fourth-order valence-electron chi connectivity index (χ4n) is 2.09. The first-order valence-electron chi connectivity index (χ1n) is 8.14. The molecule has 0 saturated heterocycles. The molecule has 2 amide bonds. The largest absolute Gasteiger partial charge is 0.494 e. The Kier molecular flexibility index (Phi) is 7.31. The first-order valence-corrected chi connectivity index (χ1v) is 8.14. The lowest BCUT2D eigenvalue weighted by Gasteiger charge is -2.09. The number of rotatable bonds is 8. The van der Waals surface area contributed by atoms with E-state index in [2.05, 4.69) is 10.6 Å². The van der Waals surface area contributed by atoms with Gasteiger partial charge in [0.25, 0.3) is 5.91 Å². The van der Waals surface area contributed by atoms with Gasteiger partial charge in [-0.2, -0.15) is 0 Å². The third-order valence-corrected chi connectivity index (χ3v) is 3.32. The van der Waals surface area contributed by atoms with Crippen LogP contribution in [0, 0.1) is 0 Å². The Hall–Kier alpha value is -3.02. The van der Waals surface area contributed by atoms with Crippen LogP contribution in [-0.2, 0) is 11.3 Å². The van der Waals surface area contributed by atoms with Crippen molar-refractivity contribution in [3.05, 3.63) is 65.7 Å². The Bertz CT molecular complexity index is 672. The molecule has 2 aromatic carbocycles. The fraction of sp³-hybridized carbons (Fsp3) is 0.263. The van der Waals surface area contributed by atoms with Crippen molar-refractivity contribution in [2.75, 3.05) is 19.7 Å². The lowest BCUT2D eigenvalue weighted by atomic mass is 10.2. The van der Waals surface area contributed by atoms with Crippen LogP contribution < -0.4 is 15.4 Å². The quantitative estimate of drug-likeness (QED) is 0.723. The van der Waals surface area contributed by atoms with Crippen molar-refractivity contribution >= 4 is 12.0 Å². The smallest absolute Gasteiger partial charge is 0.407 e. The topological polar surface area (TPSA) is 76.7 Å². The highest BCUT2D eigenvalue weighted by atomic mass is 16.5. The van der Waals surface area contributed by atoms with Crippen LogP contribution in [0.1, 0.15) is 22.8 Å². The van der Waals surface area contributed by atoms with Crippen LogP contribution in [0.3, 0.4) is 0 Å². The predicted molar refractivity (Wildman–Crippen MR) is 94.6 cm³/mol. The van der Waals surface area contributed by atoms with Crippen LogP contribution in [-0.4, -0.2) is 31.7 Å². The van der Waals surface area contributed by atoms with Crippen molar-refractivity contribution in [2.45, 2.75) is 13.5 Å². The zero-order chi connectivity index (χ0) is 17.9. The van der Waals surface area contributed by atoms with Crippen molar-refractivity contribution in [3.8, 4) is 5.75 Å². The van der Waals surface area contributed by atoms with Crippen LogP contribution in [0.4, 0.5) is 4.79 Å². The summed E-state index contributed by atoms with van der Waals surface area (Å²) in [5.41, 5.74) is 1.46. The number of benzene rings is 2. The van der Waals surface area contributed by atoms with Gasteiger partial charge in [-0.1, -0.05) is 30.3 Å². The minimum absolute atomic E-state index is 0.206. The molecule has 0 aliphatic rings. The minimum atomic E-state index is -0.515. The monoisotopic (exact) mass is 342 g/mol. The number of ether oxygens (including phenoxy) is 2. The molecular formula is C19H22N2O4. The van der Waals surface area contributed by atoms with E-state index in [-0.39, 0.29) is 19.1 Å². The lowest BCUT2D eigenvalue weighted by Crippen LogP contribution is -2.34. The molecule has 0 spiro atoms. The van der Waals surface area contributed by atoms with Gasteiger partial charge in [-0.3, -0.25) is 4.79 Å². The second-order valence-electron chi connectivity index (χ2n) is 5.20. The molecule has 0 aliphatic heterocycles. The second kappa shape index (κ2) is 9.97. The van der Waals surface area contributed by atoms with E-state index in [0.717, 1.165) is 11.3 Å². The number of hydrogen-bond donors (Lipinski definition) is 2. The van der Waals surface area contributed by atoms with E-state index in [0.29, 0.717) is 18.7 Å². The van der Waals surface area contributed by atoms with Gasteiger partial charge in [-0.15, -0.1) is 0 Å². The Labute approximate surface area is 147 Å². The summed E-state index contributed by atoms with van der Waals surface area (Å²) in [7, 11) is 0. The number of amides is 2. The summed E-state index contributed by atoms with van der Waals surface area (Å²) in [5, 5.41) is 5.32. The average molecular weight is 342 g/mol. The molecular weight excluding hydrogens is 320 g/mol. The van der Waals surface area contributed by atoms with E-state index in [1.54, 1.807) is 24.3 Å². The summed E-state index contributed by atoms with van der Waals surface area (Å²) in [5.74, 6) is 0.518. The highest BCUT2D eigenvalue weighted by molar-refractivity contribution is 5.94. The van der Waals surface area contributed by atoms with Gasteiger partial charge >= 0.3 is 6.09 Å². The summed E-state index contributed by atoms with van der Waals surface area (Å²) in [6.45, 7) is 3.30. The Balaban J connectivity index is 1.63. The third-order valence-electron chi connectivity index (χ3n) is 3.32. The second-order valence-corrected chi connectivity index (χ2v) is 5.20. The maximum Gasteiger partial charge on any atom is 0.407 e. The van der Waals surface area contributed by atoms with Gasteiger partial charge in [0.1, 0.15) is 12.4 Å². The normalized spacial score (nSPS) is 9.96. The van der Waals surface area contributed by atoms with Crippen LogP contribution in [0.5, 0.6) is 5.75 Å². The number of nitrogens with one attached hydrogen (secondary N) is 2.